The quantitative estimate of drug-likeness (QED) is 0.445. The Balaban J connectivity index is 1.88. The van der Waals surface area contributed by atoms with Crippen molar-refractivity contribution in [1.29, 1.82) is 0 Å². The van der Waals surface area contributed by atoms with Crippen LogP contribution in [0.5, 0.6) is 5.75 Å². The van der Waals surface area contributed by atoms with E-state index in [4.69, 9.17) is 0 Å². The number of phenols is 1. The lowest BCUT2D eigenvalue weighted by Crippen LogP contribution is -2.26. The third kappa shape index (κ3) is 3.09. The van der Waals surface area contributed by atoms with E-state index in [0.717, 1.165) is 22.5 Å². The summed E-state index contributed by atoms with van der Waals surface area (Å²) in [5, 5.41) is 20.8. The maximum atomic E-state index is 11.2. The molecule has 0 aromatic heterocycles. The van der Waals surface area contributed by atoms with Gasteiger partial charge in [0.05, 0.1) is 0 Å². The Labute approximate surface area is 167 Å². The number of anilines is 2. The van der Waals surface area contributed by atoms with Gasteiger partial charge in [0.25, 0.3) is 0 Å². The molecule has 28 heavy (non-hydrogen) atoms. The maximum Gasteiger partial charge on any atom is 0.127 e. The molecule has 0 fully saturated rings. The van der Waals surface area contributed by atoms with Gasteiger partial charge in [0.15, 0.2) is 0 Å². The van der Waals surface area contributed by atoms with Crippen molar-refractivity contribution in [1.82, 2.24) is 0 Å². The SMILES string of the molecule is CC(C)(C)c1cc(C2Nc3cccc4cccc(c34)N2)c(O)c(C(C)(C)C)c1. The van der Waals surface area contributed by atoms with Gasteiger partial charge in [-0.2, -0.15) is 0 Å². The highest BCUT2D eigenvalue weighted by Gasteiger charge is 2.29. The standard InChI is InChI=1S/C25H30N2O/c1-24(2,3)16-13-17(22(28)18(14-16)25(4,5)6)23-26-19-11-7-9-15-10-8-12-20(27-23)21(15)19/h7-14,23,26-28H,1-6H3. The number of phenolic OH excluding ortho intramolecular Hbond substituents is 1. The highest BCUT2D eigenvalue weighted by atomic mass is 16.3. The van der Waals surface area contributed by atoms with Crippen molar-refractivity contribution < 1.29 is 5.11 Å². The smallest absolute Gasteiger partial charge is 0.127 e. The zero-order valence-corrected chi connectivity index (χ0v) is 17.6. The summed E-state index contributed by atoms with van der Waals surface area (Å²) in [5.74, 6) is 0.372. The van der Waals surface area contributed by atoms with Gasteiger partial charge in [0.2, 0.25) is 0 Å². The molecule has 3 aromatic rings. The Morgan fingerprint density at radius 3 is 1.86 bits per heavy atom. The van der Waals surface area contributed by atoms with Gasteiger partial charge in [0.1, 0.15) is 11.9 Å². The fourth-order valence-corrected chi connectivity index (χ4v) is 3.97. The van der Waals surface area contributed by atoms with Crippen LogP contribution in [0.2, 0.25) is 0 Å². The van der Waals surface area contributed by atoms with E-state index < -0.39 is 0 Å². The molecule has 1 aliphatic heterocycles. The summed E-state index contributed by atoms with van der Waals surface area (Å²) < 4.78 is 0. The molecule has 0 atom stereocenters. The van der Waals surface area contributed by atoms with Gasteiger partial charge in [-0.15, -0.1) is 0 Å². The van der Waals surface area contributed by atoms with E-state index in [1.54, 1.807) is 0 Å². The lowest BCUT2D eigenvalue weighted by Gasteiger charge is -2.33. The first-order chi connectivity index (χ1) is 13.1. The van der Waals surface area contributed by atoms with E-state index in [-0.39, 0.29) is 17.0 Å². The van der Waals surface area contributed by atoms with E-state index >= 15 is 0 Å². The molecule has 0 saturated carbocycles. The minimum Gasteiger partial charge on any atom is -0.507 e. The molecule has 0 amide bonds. The molecule has 3 nitrogen and oxygen atoms in total. The summed E-state index contributed by atoms with van der Waals surface area (Å²) in [7, 11) is 0. The van der Waals surface area contributed by atoms with Crippen LogP contribution in [0.1, 0.15) is 64.4 Å². The molecule has 0 aliphatic carbocycles. The van der Waals surface area contributed by atoms with Crippen LogP contribution < -0.4 is 10.6 Å². The molecule has 4 rings (SSSR count). The lowest BCUT2D eigenvalue weighted by atomic mass is 9.78. The van der Waals surface area contributed by atoms with Crippen LogP contribution in [-0.4, -0.2) is 5.11 Å². The van der Waals surface area contributed by atoms with E-state index in [9.17, 15) is 5.11 Å². The first-order valence-electron chi connectivity index (χ1n) is 9.98. The maximum absolute atomic E-state index is 11.2. The predicted molar refractivity (Wildman–Crippen MR) is 119 cm³/mol. The van der Waals surface area contributed by atoms with Gasteiger partial charge in [-0.05, 0) is 45.5 Å². The molecular weight excluding hydrogens is 344 g/mol. The largest absolute Gasteiger partial charge is 0.507 e. The monoisotopic (exact) mass is 374 g/mol. The second kappa shape index (κ2) is 6.16. The molecular formula is C25H30N2O. The highest BCUT2D eigenvalue weighted by Crippen LogP contribution is 2.44. The number of rotatable bonds is 1. The van der Waals surface area contributed by atoms with Crippen LogP contribution in [0.4, 0.5) is 11.4 Å². The first kappa shape index (κ1) is 18.7. The Hall–Kier alpha value is -2.68. The summed E-state index contributed by atoms with van der Waals surface area (Å²) in [6, 6.07) is 16.9. The van der Waals surface area contributed by atoms with Crippen molar-refractivity contribution in [2.75, 3.05) is 10.6 Å². The fraction of sp³-hybridized carbons (Fsp3) is 0.360. The summed E-state index contributed by atoms with van der Waals surface area (Å²) in [6.45, 7) is 13.1. The number of nitrogens with one attached hydrogen (secondary N) is 2. The molecule has 0 unspecified atom stereocenters. The van der Waals surface area contributed by atoms with E-state index in [1.165, 1.54) is 16.3 Å². The third-order valence-electron chi connectivity index (χ3n) is 5.63. The van der Waals surface area contributed by atoms with Crippen LogP contribution in [0.25, 0.3) is 10.8 Å². The van der Waals surface area contributed by atoms with Gasteiger partial charge >= 0.3 is 0 Å². The Morgan fingerprint density at radius 2 is 1.36 bits per heavy atom. The fourth-order valence-electron chi connectivity index (χ4n) is 3.97. The van der Waals surface area contributed by atoms with Crippen molar-refractivity contribution in [3.8, 4) is 5.75 Å². The number of benzene rings is 3. The molecule has 146 valence electrons. The van der Waals surface area contributed by atoms with Gasteiger partial charge in [0, 0.05) is 22.3 Å². The highest BCUT2D eigenvalue weighted by molar-refractivity contribution is 6.04. The minimum atomic E-state index is -0.191. The zero-order chi connectivity index (χ0) is 20.3. The zero-order valence-electron chi connectivity index (χ0n) is 17.6. The average molecular weight is 375 g/mol. The number of aromatic hydroxyl groups is 1. The second-order valence-corrected chi connectivity index (χ2v) is 9.89. The van der Waals surface area contributed by atoms with Crippen LogP contribution in [0, 0.1) is 0 Å². The van der Waals surface area contributed by atoms with Crippen molar-refractivity contribution in [3.05, 3.63) is 65.2 Å². The third-order valence-corrected chi connectivity index (χ3v) is 5.63. The van der Waals surface area contributed by atoms with Crippen LogP contribution in [-0.2, 0) is 10.8 Å². The molecule has 0 bridgehead atoms. The van der Waals surface area contributed by atoms with Gasteiger partial charge in [-0.25, -0.2) is 0 Å². The molecule has 3 heteroatoms. The number of hydrogen-bond donors (Lipinski definition) is 3. The molecule has 3 N–H and O–H groups in total. The molecule has 1 aliphatic rings. The van der Waals surface area contributed by atoms with Crippen LogP contribution in [0.3, 0.4) is 0 Å². The second-order valence-electron chi connectivity index (χ2n) is 9.89. The van der Waals surface area contributed by atoms with Crippen LogP contribution in [0.15, 0.2) is 48.5 Å². The van der Waals surface area contributed by atoms with Crippen molar-refractivity contribution in [2.45, 2.75) is 58.5 Å². The topological polar surface area (TPSA) is 44.3 Å². The first-order valence-corrected chi connectivity index (χ1v) is 9.98. The Kier molecular flexibility index (Phi) is 4.11. The van der Waals surface area contributed by atoms with Crippen LogP contribution >= 0.6 is 0 Å². The lowest BCUT2D eigenvalue weighted by molar-refractivity contribution is 0.436. The molecule has 3 aromatic carbocycles. The minimum absolute atomic E-state index is 0.00492. The van der Waals surface area contributed by atoms with Crippen molar-refractivity contribution >= 4 is 22.1 Å². The van der Waals surface area contributed by atoms with E-state index in [2.05, 4.69) is 101 Å². The van der Waals surface area contributed by atoms with Gasteiger partial charge in [-0.1, -0.05) is 71.9 Å². The van der Waals surface area contributed by atoms with Crippen molar-refractivity contribution in [3.63, 3.8) is 0 Å². The Morgan fingerprint density at radius 1 is 0.786 bits per heavy atom. The molecule has 1 heterocycles. The van der Waals surface area contributed by atoms with E-state index in [0.29, 0.717) is 5.75 Å². The molecule has 0 saturated heterocycles. The summed E-state index contributed by atoms with van der Waals surface area (Å²) in [5.41, 5.74) is 5.14. The number of hydrogen-bond acceptors (Lipinski definition) is 3. The summed E-state index contributed by atoms with van der Waals surface area (Å²) in [6.07, 6.45) is -0.191. The molecule has 0 spiro atoms. The molecule has 0 radical (unpaired) electrons. The van der Waals surface area contributed by atoms with Gasteiger partial charge in [-0.3, -0.25) is 0 Å². The summed E-state index contributed by atoms with van der Waals surface area (Å²) >= 11 is 0. The Bertz CT molecular complexity index is 1010. The summed E-state index contributed by atoms with van der Waals surface area (Å²) in [4.78, 5) is 0. The normalized spacial score (nSPS) is 14.6. The predicted octanol–water partition coefficient (Wildman–Crippen LogP) is 6.68. The van der Waals surface area contributed by atoms with Gasteiger partial charge < -0.3 is 15.7 Å². The van der Waals surface area contributed by atoms with E-state index in [1.807, 2.05) is 0 Å². The average Bonchev–Trinajstić information content (AvgIpc) is 2.60. The van der Waals surface area contributed by atoms with Crippen molar-refractivity contribution in [2.24, 2.45) is 0 Å².